The smallest absolute Gasteiger partial charge is 0.233 e. The first-order valence-corrected chi connectivity index (χ1v) is 11.5. The second-order valence-electron chi connectivity index (χ2n) is 7.60. The zero-order valence-corrected chi connectivity index (χ0v) is 18.6. The van der Waals surface area contributed by atoms with Crippen LogP contribution in [0.4, 0.5) is 5.82 Å². The standard InChI is InChI=1S/C19H26ClN5O4S/c1-14(26)23-6-8-25(9-7-23)17(27)13-30-18-21-15(20)12-16(22-18)24-4-2-19(3-5-24)28-10-11-29-19/h12H,2-11,13H2,1H3. The molecule has 1 aromatic rings. The van der Waals surface area contributed by atoms with Crippen LogP contribution in [0.2, 0.25) is 5.15 Å². The van der Waals surface area contributed by atoms with E-state index in [0.29, 0.717) is 49.7 Å². The predicted octanol–water partition coefficient (Wildman–Crippen LogP) is 1.26. The van der Waals surface area contributed by atoms with Gasteiger partial charge in [-0.05, 0) is 0 Å². The molecule has 1 spiro atoms. The minimum atomic E-state index is -0.441. The summed E-state index contributed by atoms with van der Waals surface area (Å²) in [7, 11) is 0. The fraction of sp³-hybridized carbons (Fsp3) is 0.684. The SMILES string of the molecule is CC(=O)N1CCN(C(=O)CSc2nc(Cl)cc(N3CCC4(CC3)OCCO4)n2)CC1. The van der Waals surface area contributed by atoms with Gasteiger partial charge in [-0.1, -0.05) is 23.4 Å². The van der Waals surface area contributed by atoms with Crippen LogP contribution in [0, 0.1) is 0 Å². The number of nitrogens with zero attached hydrogens (tertiary/aromatic N) is 5. The maximum atomic E-state index is 12.5. The molecule has 1 aromatic heterocycles. The summed E-state index contributed by atoms with van der Waals surface area (Å²) in [5, 5.41) is 0.848. The molecule has 4 heterocycles. The number of rotatable bonds is 4. The molecule has 3 fully saturated rings. The van der Waals surface area contributed by atoms with E-state index in [-0.39, 0.29) is 17.6 Å². The molecule has 0 bridgehead atoms. The van der Waals surface area contributed by atoms with E-state index in [4.69, 9.17) is 21.1 Å². The van der Waals surface area contributed by atoms with Crippen molar-refractivity contribution in [1.82, 2.24) is 19.8 Å². The van der Waals surface area contributed by atoms with Crippen molar-refractivity contribution in [1.29, 1.82) is 0 Å². The van der Waals surface area contributed by atoms with Crippen LogP contribution in [0.1, 0.15) is 19.8 Å². The van der Waals surface area contributed by atoms with Gasteiger partial charge in [0.1, 0.15) is 11.0 Å². The third kappa shape index (κ3) is 4.99. The molecule has 4 rings (SSSR count). The van der Waals surface area contributed by atoms with Gasteiger partial charge in [-0.3, -0.25) is 9.59 Å². The zero-order chi connectivity index (χ0) is 21.1. The Morgan fingerprint density at radius 2 is 1.70 bits per heavy atom. The fourth-order valence-corrected chi connectivity index (χ4v) is 4.95. The van der Waals surface area contributed by atoms with Crippen LogP contribution in [0.25, 0.3) is 0 Å². The highest BCUT2D eigenvalue weighted by molar-refractivity contribution is 7.99. The summed E-state index contributed by atoms with van der Waals surface area (Å²) < 4.78 is 11.6. The lowest BCUT2D eigenvalue weighted by Crippen LogP contribution is -2.50. The lowest BCUT2D eigenvalue weighted by atomic mass is 10.0. The lowest BCUT2D eigenvalue weighted by Gasteiger charge is -2.38. The van der Waals surface area contributed by atoms with Gasteiger partial charge < -0.3 is 24.2 Å². The third-order valence-corrected chi connectivity index (χ3v) is 6.75. The summed E-state index contributed by atoms with van der Waals surface area (Å²) in [6.07, 6.45) is 1.56. The Labute approximate surface area is 185 Å². The van der Waals surface area contributed by atoms with Gasteiger partial charge in [-0.15, -0.1) is 0 Å². The molecule has 3 aliphatic heterocycles. The lowest BCUT2D eigenvalue weighted by molar-refractivity contribution is -0.169. The van der Waals surface area contributed by atoms with Crippen molar-refractivity contribution >= 4 is 41.0 Å². The van der Waals surface area contributed by atoms with E-state index in [9.17, 15) is 9.59 Å². The molecule has 0 N–H and O–H groups in total. The molecule has 0 atom stereocenters. The van der Waals surface area contributed by atoms with E-state index >= 15 is 0 Å². The van der Waals surface area contributed by atoms with Crippen molar-refractivity contribution < 1.29 is 19.1 Å². The van der Waals surface area contributed by atoms with Crippen LogP contribution in [0.3, 0.4) is 0 Å². The molecule has 0 unspecified atom stereocenters. The van der Waals surface area contributed by atoms with E-state index in [1.807, 2.05) is 0 Å². The number of hydrogen-bond donors (Lipinski definition) is 0. The first kappa shape index (κ1) is 21.6. The molecular formula is C19H26ClN5O4S. The van der Waals surface area contributed by atoms with E-state index in [0.717, 1.165) is 31.7 Å². The van der Waals surface area contributed by atoms with Gasteiger partial charge in [-0.25, -0.2) is 9.97 Å². The Bertz CT molecular complexity index is 789. The quantitative estimate of drug-likeness (QED) is 0.381. The Kier molecular flexibility index (Phi) is 6.66. The van der Waals surface area contributed by atoms with Crippen molar-refractivity contribution in [3.05, 3.63) is 11.2 Å². The topological polar surface area (TPSA) is 88.1 Å². The van der Waals surface area contributed by atoms with Crippen molar-refractivity contribution in [2.75, 3.05) is 63.1 Å². The van der Waals surface area contributed by atoms with Crippen molar-refractivity contribution in [2.45, 2.75) is 30.7 Å². The van der Waals surface area contributed by atoms with Gasteiger partial charge in [-0.2, -0.15) is 0 Å². The fourth-order valence-electron chi connectivity index (χ4n) is 3.96. The first-order chi connectivity index (χ1) is 14.4. The van der Waals surface area contributed by atoms with Crippen LogP contribution in [0.5, 0.6) is 0 Å². The average molecular weight is 456 g/mol. The molecule has 3 saturated heterocycles. The highest BCUT2D eigenvalue weighted by Crippen LogP contribution is 2.33. The minimum Gasteiger partial charge on any atom is -0.356 e. The summed E-state index contributed by atoms with van der Waals surface area (Å²) in [5.41, 5.74) is 0. The number of hydrogen-bond acceptors (Lipinski definition) is 8. The average Bonchev–Trinajstić information content (AvgIpc) is 3.20. The molecule has 11 heteroatoms. The Balaban J connectivity index is 1.31. The minimum absolute atomic E-state index is 0.0174. The number of piperidine rings is 1. The largest absolute Gasteiger partial charge is 0.356 e. The molecule has 0 aromatic carbocycles. The van der Waals surface area contributed by atoms with E-state index in [2.05, 4.69) is 14.9 Å². The Morgan fingerprint density at radius 1 is 1.07 bits per heavy atom. The highest BCUT2D eigenvalue weighted by Gasteiger charge is 2.40. The third-order valence-electron chi connectivity index (χ3n) is 5.73. The van der Waals surface area contributed by atoms with Crippen LogP contribution < -0.4 is 4.90 Å². The number of carbonyl (C=O) groups is 2. The molecule has 2 amide bonds. The number of anilines is 1. The number of aromatic nitrogens is 2. The van der Waals surface area contributed by atoms with E-state index in [1.54, 1.807) is 22.8 Å². The van der Waals surface area contributed by atoms with Crippen LogP contribution >= 0.6 is 23.4 Å². The number of amides is 2. The Hall–Kier alpha value is -1.62. The number of thioether (sulfide) groups is 1. The number of ether oxygens (including phenoxy) is 2. The number of carbonyl (C=O) groups excluding carboxylic acids is 2. The monoisotopic (exact) mass is 455 g/mol. The first-order valence-electron chi connectivity index (χ1n) is 10.2. The van der Waals surface area contributed by atoms with Crippen molar-refractivity contribution in [2.24, 2.45) is 0 Å². The van der Waals surface area contributed by atoms with Gasteiger partial charge in [0, 0.05) is 65.1 Å². The maximum absolute atomic E-state index is 12.5. The molecule has 3 aliphatic rings. The predicted molar refractivity (Wildman–Crippen MR) is 113 cm³/mol. The molecule has 0 saturated carbocycles. The van der Waals surface area contributed by atoms with Crippen molar-refractivity contribution in [3.63, 3.8) is 0 Å². The molecule has 0 aliphatic carbocycles. The number of piperazine rings is 1. The van der Waals surface area contributed by atoms with E-state index < -0.39 is 5.79 Å². The normalized spacial score (nSPS) is 21.3. The van der Waals surface area contributed by atoms with Gasteiger partial charge in [0.15, 0.2) is 10.9 Å². The molecular weight excluding hydrogens is 430 g/mol. The summed E-state index contributed by atoms with van der Waals surface area (Å²) in [4.78, 5) is 38.5. The van der Waals surface area contributed by atoms with Crippen LogP contribution in [0.15, 0.2) is 11.2 Å². The summed E-state index contributed by atoms with van der Waals surface area (Å²) in [6.45, 7) is 6.64. The van der Waals surface area contributed by atoms with Crippen LogP contribution in [-0.2, 0) is 19.1 Å². The summed E-state index contributed by atoms with van der Waals surface area (Å²) >= 11 is 7.51. The Morgan fingerprint density at radius 3 is 2.33 bits per heavy atom. The zero-order valence-electron chi connectivity index (χ0n) is 17.0. The van der Waals surface area contributed by atoms with Crippen LogP contribution in [-0.4, -0.2) is 95.6 Å². The van der Waals surface area contributed by atoms with Crippen molar-refractivity contribution in [3.8, 4) is 0 Å². The number of halogens is 1. The second kappa shape index (κ2) is 9.25. The maximum Gasteiger partial charge on any atom is 0.233 e. The molecule has 30 heavy (non-hydrogen) atoms. The molecule has 9 nitrogen and oxygen atoms in total. The molecule has 0 radical (unpaired) electrons. The summed E-state index contributed by atoms with van der Waals surface area (Å²) in [6, 6.07) is 1.75. The van der Waals surface area contributed by atoms with Gasteiger partial charge in [0.05, 0.1) is 19.0 Å². The van der Waals surface area contributed by atoms with E-state index in [1.165, 1.54) is 11.8 Å². The van der Waals surface area contributed by atoms with Gasteiger partial charge >= 0.3 is 0 Å². The van der Waals surface area contributed by atoms with Gasteiger partial charge in [0.25, 0.3) is 0 Å². The summed E-state index contributed by atoms with van der Waals surface area (Å²) in [5.74, 6) is 0.622. The van der Waals surface area contributed by atoms with Gasteiger partial charge in [0.2, 0.25) is 11.8 Å². The highest BCUT2D eigenvalue weighted by atomic mass is 35.5. The second-order valence-corrected chi connectivity index (χ2v) is 8.93. The molecule has 164 valence electrons.